The van der Waals surface area contributed by atoms with Crippen molar-refractivity contribution >= 4 is 32.3 Å². The molecule has 1 aromatic heterocycles. The Morgan fingerprint density at radius 3 is 1.56 bits per heavy atom. The van der Waals surface area contributed by atoms with Crippen molar-refractivity contribution in [1.82, 2.24) is 15.0 Å². The number of benzene rings is 10. The molecule has 0 bridgehead atoms. The molecule has 10 aromatic carbocycles. The van der Waals surface area contributed by atoms with Crippen LogP contribution in [0.15, 0.2) is 206 Å². The molecule has 0 unspecified atom stereocenters. The van der Waals surface area contributed by atoms with E-state index in [0.29, 0.717) is 23.0 Å². The van der Waals surface area contributed by atoms with Gasteiger partial charge in [-0.25, -0.2) is 15.0 Å². The fourth-order valence-electron chi connectivity index (χ4n) is 9.35. The second kappa shape index (κ2) is 14.3. The molecule has 0 radical (unpaired) electrons. The second-order valence-corrected chi connectivity index (χ2v) is 15.8. The van der Waals surface area contributed by atoms with Gasteiger partial charge in [-0.15, -0.1) is 0 Å². The van der Waals surface area contributed by atoms with Gasteiger partial charge in [-0.05, 0) is 100 Å². The molecule has 1 aliphatic rings. The van der Waals surface area contributed by atoms with Gasteiger partial charge in [0.15, 0.2) is 17.5 Å². The maximum atomic E-state index is 10.4. The van der Waals surface area contributed by atoms with Crippen molar-refractivity contribution in [3.63, 3.8) is 0 Å². The highest BCUT2D eigenvalue weighted by atomic mass is 15.0. The molecule has 12 rings (SSSR count). The minimum Gasteiger partial charge on any atom is -0.208 e. The van der Waals surface area contributed by atoms with Crippen LogP contribution in [0, 0.1) is 11.3 Å². The van der Waals surface area contributed by atoms with Crippen LogP contribution in [0.5, 0.6) is 0 Å². The molecular weight excluding hydrogens is 753 g/mol. The zero-order valence-electron chi connectivity index (χ0n) is 33.4. The summed E-state index contributed by atoms with van der Waals surface area (Å²) in [4.78, 5) is 15.2. The SMILES string of the molecule is N#Cc1cc(-c2ccc(-c3cccc4c3ccc3ccccc34)cc2)ccc1-c1ccc(-c2nc(-c3ccccc3)nc(-c3ccc4c5c(cccc35)-c3ccccc3-4)n2)cc1. The van der Waals surface area contributed by atoms with Crippen molar-refractivity contribution in [2.75, 3.05) is 0 Å². The van der Waals surface area contributed by atoms with Crippen molar-refractivity contribution in [3.05, 3.63) is 212 Å². The Hall–Kier alpha value is -8.52. The summed E-state index contributed by atoms with van der Waals surface area (Å²) < 4.78 is 0. The van der Waals surface area contributed by atoms with Crippen LogP contribution in [0.1, 0.15) is 5.56 Å². The van der Waals surface area contributed by atoms with Gasteiger partial charge in [0.05, 0.1) is 11.6 Å². The van der Waals surface area contributed by atoms with Gasteiger partial charge in [0.2, 0.25) is 0 Å². The Morgan fingerprint density at radius 2 is 0.806 bits per heavy atom. The summed E-state index contributed by atoms with van der Waals surface area (Å²) in [5.74, 6) is 1.82. The van der Waals surface area contributed by atoms with Crippen LogP contribution in [-0.2, 0) is 0 Å². The minimum atomic E-state index is 0.586. The van der Waals surface area contributed by atoms with Gasteiger partial charge in [0.1, 0.15) is 0 Å². The first-order valence-electron chi connectivity index (χ1n) is 20.8. The maximum absolute atomic E-state index is 10.4. The third-order valence-corrected chi connectivity index (χ3v) is 12.4. The molecule has 0 spiro atoms. The van der Waals surface area contributed by atoms with Crippen LogP contribution >= 0.6 is 0 Å². The number of nitrogens with zero attached hydrogens (tertiary/aromatic N) is 4. The van der Waals surface area contributed by atoms with Gasteiger partial charge in [-0.3, -0.25) is 0 Å². The van der Waals surface area contributed by atoms with Crippen LogP contribution < -0.4 is 0 Å². The van der Waals surface area contributed by atoms with Gasteiger partial charge in [0.25, 0.3) is 0 Å². The number of nitriles is 1. The van der Waals surface area contributed by atoms with E-state index in [1.54, 1.807) is 0 Å². The summed E-state index contributed by atoms with van der Waals surface area (Å²) in [6, 6.07) is 74.5. The van der Waals surface area contributed by atoms with E-state index in [1.807, 2.05) is 48.5 Å². The van der Waals surface area contributed by atoms with E-state index in [4.69, 9.17) is 15.0 Å². The third-order valence-electron chi connectivity index (χ3n) is 12.4. The molecule has 4 heteroatoms. The number of aromatic nitrogens is 3. The van der Waals surface area contributed by atoms with E-state index >= 15 is 0 Å². The Labute approximate surface area is 358 Å². The molecule has 0 amide bonds. The first-order valence-corrected chi connectivity index (χ1v) is 20.8. The van der Waals surface area contributed by atoms with Gasteiger partial charge in [0, 0.05) is 16.7 Å². The Bertz CT molecular complexity index is 3590. The average molecular weight is 787 g/mol. The maximum Gasteiger partial charge on any atom is 0.164 e. The lowest BCUT2D eigenvalue weighted by molar-refractivity contribution is 1.08. The summed E-state index contributed by atoms with van der Waals surface area (Å²) in [6.45, 7) is 0. The highest BCUT2D eigenvalue weighted by molar-refractivity contribution is 6.18. The normalized spacial score (nSPS) is 11.5. The van der Waals surface area contributed by atoms with Crippen molar-refractivity contribution in [1.29, 1.82) is 5.26 Å². The van der Waals surface area contributed by atoms with Crippen molar-refractivity contribution in [2.24, 2.45) is 0 Å². The van der Waals surface area contributed by atoms with E-state index < -0.39 is 0 Å². The molecule has 0 N–H and O–H groups in total. The topological polar surface area (TPSA) is 62.5 Å². The van der Waals surface area contributed by atoms with Crippen LogP contribution in [0.2, 0.25) is 0 Å². The number of rotatable bonds is 6. The molecule has 0 saturated carbocycles. The highest BCUT2D eigenvalue weighted by Gasteiger charge is 2.24. The number of hydrogen-bond donors (Lipinski definition) is 0. The van der Waals surface area contributed by atoms with Gasteiger partial charge < -0.3 is 0 Å². The standard InChI is InChI=1S/C58H34N4/c59-35-43-34-42(36-20-22-39(23-21-36)46-16-8-17-47-45-13-5-4-10-37(45)28-31-50(46)47)29-30-44(43)38-24-26-41(27-25-38)57-60-56(40-11-2-1-3-12-40)61-58(62-57)54-33-32-53-49-15-7-6-14-48(49)51-18-9-19-52(54)55(51)53/h1-34H. The summed E-state index contributed by atoms with van der Waals surface area (Å²) in [7, 11) is 0. The predicted molar refractivity (Wildman–Crippen MR) is 254 cm³/mol. The summed E-state index contributed by atoms with van der Waals surface area (Å²) in [5.41, 5.74) is 14.6. The lowest BCUT2D eigenvalue weighted by atomic mass is 9.92. The van der Waals surface area contributed by atoms with E-state index in [0.717, 1.165) is 49.9 Å². The fourth-order valence-corrected chi connectivity index (χ4v) is 9.35. The Balaban J connectivity index is 0.876. The molecule has 286 valence electrons. The molecule has 1 heterocycles. The van der Waals surface area contributed by atoms with Gasteiger partial charge in [-0.1, -0.05) is 194 Å². The molecule has 4 nitrogen and oxygen atoms in total. The zero-order valence-corrected chi connectivity index (χ0v) is 33.4. The van der Waals surface area contributed by atoms with Crippen LogP contribution in [0.3, 0.4) is 0 Å². The van der Waals surface area contributed by atoms with Crippen molar-refractivity contribution in [2.45, 2.75) is 0 Å². The third kappa shape index (κ3) is 5.79. The van der Waals surface area contributed by atoms with Crippen molar-refractivity contribution < 1.29 is 0 Å². The average Bonchev–Trinajstić information content (AvgIpc) is 3.68. The Morgan fingerprint density at radius 1 is 0.290 bits per heavy atom. The molecule has 11 aromatic rings. The largest absolute Gasteiger partial charge is 0.208 e. The van der Waals surface area contributed by atoms with Crippen LogP contribution in [-0.4, -0.2) is 15.0 Å². The van der Waals surface area contributed by atoms with E-state index in [1.165, 1.54) is 54.7 Å². The molecule has 62 heavy (non-hydrogen) atoms. The quantitative estimate of drug-likeness (QED) is 0.158. The summed E-state index contributed by atoms with van der Waals surface area (Å²) in [5, 5.41) is 17.7. The van der Waals surface area contributed by atoms with E-state index in [9.17, 15) is 5.26 Å². The summed E-state index contributed by atoms with van der Waals surface area (Å²) >= 11 is 0. The molecule has 0 aliphatic heterocycles. The predicted octanol–water partition coefficient (Wildman–Crippen LogP) is 14.9. The van der Waals surface area contributed by atoms with E-state index in [-0.39, 0.29) is 0 Å². The zero-order chi connectivity index (χ0) is 41.1. The molecular formula is C58H34N4. The smallest absolute Gasteiger partial charge is 0.164 e. The molecule has 1 aliphatic carbocycles. The highest BCUT2D eigenvalue weighted by Crippen LogP contribution is 2.49. The number of fused-ring (bicyclic) bond motifs is 6. The molecule has 0 atom stereocenters. The van der Waals surface area contributed by atoms with Gasteiger partial charge >= 0.3 is 0 Å². The minimum absolute atomic E-state index is 0.586. The lowest BCUT2D eigenvalue weighted by Gasteiger charge is -2.12. The lowest BCUT2D eigenvalue weighted by Crippen LogP contribution is -2.00. The van der Waals surface area contributed by atoms with Gasteiger partial charge in [-0.2, -0.15) is 5.26 Å². The van der Waals surface area contributed by atoms with E-state index in [2.05, 4.69) is 164 Å². The summed E-state index contributed by atoms with van der Waals surface area (Å²) in [6.07, 6.45) is 0. The monoisotopic (exact) mass is 786 g/mol. The van der Waals surface area contributed by atoms with Crippen LogP contribution in [0.4, 0.5) is 0 Å². The first kappa shape index (κ1) is 35.4. The first-order chi connectivity index (χ1) is 30.7. The fraction of sp³-hybridized carbons (Fsp3) is 0. The second-order valence-electron chi connectivity index (χ2n) is 15.8. The number of hydrogen-bond acceptors (Lipinski definition) is 4. The molecule has 0 fully saturated rings. The Kier molecular flexibility index (Phi) is 8.19. The van der Waals surface area contributed by atoms with Crippen LogP contribution in [0.25, 0.3) is 122 Å². The van der Waals surface area contributed by atoms with Crippen molar-refractivity contribution in [3.8, 4) is 95.9 Å². The molecule has 0 saturated heterocycles.